The molecule has 1 fully saturated rings. The number of hydrogen-bond donors (Lipinski definition) is 1. The highest BCUT2D eigenvalue weighted by molar-refractivity contribution is 6.31. The Bertz CT molecular complexity index is 1280. The molecule has 0 aromatic heterocycles. The van der Waals surface area contributed by atoms with E-state index in [9.17, 15) is 19.2 Å². The van der Waals surface area contributed by atoms with Crippen LogP contribution in [0.4, 0.5) is 5.69 Å². The molecule has 184 valence electrons. The van der Waals surface area contributed by atoms with Gasteiger partial charge < -0.3 is 10.1 Å². The second-order valence-electron chi connectivity index (χ2n) is 8.21. The number of nitrogens with zero attached hydrogens (tertiary/aromatic N) is 1. The van der Waals surface area contributed by atoms with Crippen molar-refractivity contribution in [3.05, 3.63) is 99.5 Å². The van der Waals surface area contributed by atoms with Crippen molar-refractivity contribution in [3.8, 4) is 0 Å². The van der Waals surface area contributed by atoms with Crippen molar-refractivity contribution in [1.29, 1.82) is 0 Å². The number of imide groups is 1. The minimum absolute atomic E-state index is 0.0516. The van der Waals surface area contributed by atoms with Crippen LogP contribution in [0.2, 0.25) is 10.0 Å². The number of Topliss-reactive ketones (excluding diaryl/α,β-unsaturated/α-hetero) is 1. The van der Waals surface area contributed by atoms with Crippen LogP contribution < -0.4 is 10.2 Å². The predicted octanol–water partition coefficient (Wildman–Crippen LogP) is 4.50. The average Bonchev–Trinajstić information content (AvgIpc) is 3.16. The van der Waals surface area contributed by atoms with E-state index in [0.717, 1.165) is 10.5 Å². The summed E-state index contributed by atoms with van der Waals surface area (Å²) in [5, 5.41) is 4.30. The first-order valence-corrected chi connectivity index (χ1v) is 12.0. The molecular weight excluding hydrogens is 503 g/mol. The Hall–Kier alpha value is -3.52. The topological polar surface area (TPSA) is 92.8 Å². The molecule has 1 unspecified atom stereocenters. The summed E-state index contributed by atoms with van der Waals surface area (Å²) in [6.45, 7) is 0.105. The van der Waals surface area contributed by atoms with Crippen LogP contribution >= 0.6 is 23.2 Å². The highest BCUT2D eigenvalue weighted by Gasteiger charge is 2.39. The number of halogens is 2. The molecule has 4 rings (SSSR count). The van der Waals surface area contributed by atoms with Gasteiger partial charge in [0.2, 0.25) is 5.91 Å². The van der Waals surface area contributed by atoms with E-state index in [4.69, 9.17) is 27.9 Å². The summed E-state index contributed by atoms with van der Waals surface area (Å²) < 4.78 is 5.10. The van der Waals surface area contributed by atoms with E-state index in [1.54, 1.807) is 36.4 Å². The Morgan fingerprint density at radius 1 is 0.861 bits per heavy atom. The average molecular weight is 525 g/mol. The van der Waals surface area contributed by atoms with E-state index < -0.39 is 18.6 Å². The van der Waals surface area contributed by atoms with Crippen molar-refractivity contribution >= 4 is 52.5 Å². The van der Waals surface area contributed by atoms with Gasteiger partial charge in [-0.25, -0.2) is 9.69 Å². The Morgan fingerprint density at radius 2 is 1.44 bits per heavy atom. The van der Waals surface area contributed by atoms with Gasteiger partial charge in [-0.15, -0.1) is 0 Å². The van der Waals surface area contributed by atoms with E-state index in [1.807, 2.05) is 12.1 Å². The lowest BCUT2D eigenvalue weighted by atomic mass is 10.1. The third-order valence-electron chi connectivity index (χ3n) is 5.73. The quantitative estimate of drug-likeness (QED) is 0.251. The van der Waals surface area contributed by atoms with Gasteiger partial charge in [0.25, 0.3) is 5.91 Å². The van der Waals surface area contributed by atoms with Crippen LogP contribution in [0.3, 0.4) is 0 Å². The number of rotatable bonds is 9. The summed E-state index contributed by atoms with van der Waals surface area (Å²) in [5.41, 5.74) is 2.00. The molecule has 1 aliphatic heterocycles. The molecule has 1 atom stereocenters. The molecule has 0 bridgehead atoms. The molecule has 9 heteroatoms. The molecule has 1 heterocycles. The molecule has 0 radical (unpaired) electrons. The van der Waals surface area contributed by atoms with Gasteiger partial charge in [-0.2, -0.15) is 0 Å². The van der Waals surface area contributed by atoms with Crippen molar-refractivity contribution < 1.29 is 23.9 Å². The molecule has 0 spiro atoms. The van der Waals surface area contributed by atoms with E-state index in [-0.39, 0.29) is 29.6 Å². The van der Waals surface area contributed by atoms with Crippen molar-refractivity contribution in [3.63, 3.8) is 0 Å². The minimum Gasteiger partial charge on any atom is -0.454 e. The summed E-state index contributed by atoms with van der Waals surface area (Å²) in [6.07, 6.45) is 0.739. The summed E-state index contributed by atoms with van der Waals surface area (Å²) >= 11 is 11.7. The molecule has 36 heavy (non-hydrogen) atoms. The van der Waals surface area contributed by atoms with Crippen molar-refractivity contribution in [1.82, 2.24) is 5.32 Å². The number of esters is 1. The maximum absolute atomic E-state index is 12.8. The van der Waals surface area contributed by atoms with Crippen LogP contribution in [0.15, 0.2) is 72.8 Å². The highest BCUT2D eigenvalue weighted by Crippen LogP contribution is 2.24. The van der Waals surface area contributed by atoms with Crippen molar-refractivity contribution in [2.45, 2.75) is 18.9 Å². The maximum atomic E-state index is 12.8. The van der Waals surface area contributed by atoms with Gasteiger partial charge in [-0.05, 0) is 79.2 Å². The number of ether oxygens (including phenoxy) is 1. The minimum atomic E-state index is -0.690. The van der Waals surface area contributed by atoms with Gasteiger partial charge in [0.15, 0.2) is 12.4 Å². The lowest BCUT2D eigenvalue weighted by Crippen LogP contribution is -2.39. The van der Waals surface area contributed by atoms with Gasteiger partial charge >= 0.3 is 5.97 Å². The molecule has 3 aromatic rings. The van der Waals surface area contributed by atoms with Gasteiger partial charge in [0.1, 0.15) is 0 Å². The highest BCUT2D eigenvalue weighted by atomic mass is 35.5. The largest absolute Gasteiger partial charge is 0.454 e. The summed E-state index contributed by atoms with van der Waals surface area (Å²) in [6, 6.07) is 19.0. The number of benzene rings is 3. The second-order valence-corrected chi connectivity index (χ2v) is 9.08. The first kappa shape index (κ1) is 25.6. The lowest BCUT2D eigenvalue weighted by molar-refractivity contribution is -0.121. The normalized spacial score (nSPS) is 15.3. The van der Waals surface area contributed by atoms with Crippen molar-refractivity contribution in [2.24, 2.45) is 0 Å². The molecule has 2 amide bonds. The summed E-state index contributed by atoms with van der Waals surface area (Å²) in [5.74, 6) is -1.72. The summed E-state index contributed by atoms with van der Waals surface area (Å²) in [4.78, 5) is 51.0. The number of carbonyl (C=O) groups is 4. The van der Waals surface area contributed by atoms with Crippen LogP contribution in [-0.4, -0.2) is 42.8 Å². The number of ketones is 1. The van der Waals surface area contributed by atoms with E-state index in [2.05, 4.69) is 5.32 Å². The number of carbonyl (C=O) groups excluding carboxylic acids is 4. The van der Waals surface area contributed by atoms with Crippen LogP contribution in [0, 0.1) is 0 Å². The Balaban J connectivity index is 1.30. The van der Waals surface area contributed by atoms with Gasteiger partial charge in [-0.1, -0.05) is 35.3 Å². The van der Waals surface area contributed by atoms with Gasteiger partial charge in [0, 0.05) is 15.6 Å². The van der Waals surface area contributed by atoms with Crippen molar-refractivity contribution in [2.75, 3.05) is 18.1 Å². The van der Waals surface area contributed by atoms with E-state index in [0.29, 0.717) is 34.3 Å². The number of nitrogens with one attached hydrogen (secondary N) is 1. The molecule has 1 N–H and O–H groups in total. The fourth-order valence-corrected chi connectivity index (χ4v) is 4.04. The predicted molar refractivity (Wildman–Crippen MR) is 137 cm³/mol. The molecule has 3 aromatic carbocycles. The molecule has 0 saturated carbocycles. The van der Waals surface area contributed by atoms with Crippen LogP contribution in [-0.2, 0) is 20.7 Å². The van der Waals surface area contributed by atoms with Gasteiger partial charge in [-0.3, -0.25) is 14.4 Å². The Kier molecular flexibility index (Phi) is 8.15. The zero-order valence-corrected chi connectivity index (χ0v) is 20.6. The second kappa shape index (κ2) is 11.5. The third-order valence-corrected chi connectivity index (χ3v) is 6.23. The first-order valence-electron chi connectivity index (χ1n) is 11.2. The lowest BCUT2D eigenvalue weighted by Gasteiger charge is -2.16. The molecule has 1 saturated heterocycles. The van der Waals surface area contributed by atoms with E-state index >= 15 is 0 Å². The van der Waals surface area contributed by atoms with Crippen LogP contribution in [0.5, 0.6) is 0 Å². The zero-order valence-electron chi connectivity index (χ0n) is 19.1. The maximum Gasteiger partial charge on any atom is 0.338 e. The van der Waals surface area contributed by atoms with Crippen LogP contribution in [0.1, 0.15) is 32.7 Å². The fourth-order valence-electron chi connectivity index (χ4n) is 3.78. The standard InChI is InChI=1S/C27H22Cl2N2O5/c28-20-7-1-17(2-8-20)13-14-30-23-15-25(33)31(26(23)34)22-11-5-19(6-12-22)27(35)36-16-24(32)18-3-9-21(29)10-4-18/h1-12,23,30H,13-16H2. The fraction of sp³-hybridized carbons (Fsp3) is 0.185. The molecule has 1 aliphatic rings. The Labute approximate surface area is 218 Å². The third kappa shape index (κ3) is 6.18. The zero-order chi connectivity index (χ0) is 25.7. The first-order chi connectivity index (χ1) is 17.3. The number of anilines is 1. The SMILES string of the molecule is O=C(COC(=O)c1ccc(N2C(=O)CC(NCCc3ccc(Cl)cc3)C2=O)cc1)c1ccc(Cl)cc1. The number of hydrogen-bond acceptors (Lipinski definition) is 6. The van der Waals surface area contributed by atoms with E-state index in [1.165, 1.54) is 24.3 Å². The van der Waals surface area contributed by atoms with Crippen LogP contribution in [0.25, 0.3) is 0 Å². The van der Waals surface area contributed by atoms with Gasteiger partial charge in [0.05, 0.1) is 23.7 Å². The smallest absolute Gasteiger partial charge is 0.338 e. The molecule has 0 aliphatic carbocycles. The molecule has 7 nitrogen and oxygen atoms in total. The number of amides is 2. The Morgan fingerprint density at radius 3 is 2.08 bits per heavy atom. The molecular formula is C27H22Cl2N2O5. The monoisotopic (exact) mass is 524 g/mol. The summed E-state index contributed by atoms with van der Waals surface area (Å²) in [7, 11) is 0.